The summed E-state index contributed by atoms with van der Waals surface area (Å²) >= 11 is 3.38. The van der Waals surface area contributed by atoms with E-state index in [-0.39, 0.29) is 5.91 Å². The van der Waals surface area contributed by atoms with E-state index in [0.717, 1.165) is 68.9 Å². The summed E-state index contributed by atoms with van der Waals surface area (Å²) in [4.78, 5) is 18.6. The van der Waals surface area contributed by atoms with Gasteiger partial charge in [-0.2, -0.15) is 0 Å². The highest BCUT2D eigenvalue weighted by Crippen LogP contribution is 2.41. The van der Waals surface area contributed by atoms with E-state index < -0.39 is 0 Å². The monoisotopic (exact) mass is 445 g/mol. The predicted molar refractivity (Wildman–Crippen MR) is 121 cm³/mol. The Hall–Kier alpha value is -1.71. The number of aromatic nitrogens is 3. The Balaban J connectivity index is 1.32. The third-order valence-electron chi connectivity index (χ3n) is 5.72. The second kappa shape index (κ2) is 8.80. The van der Waals surface area contributed by atoms with Crippen molar-refractivity contribution >= 4 is 41.1 Å². The molecule has 9 heteroatoms. The number of hydrogen-bond donors (Lipinski definition) is 0. The fraction of sp³-hybridized carbons (Fsp3) is 0.571. The van der Waals surface area contributed by atoms with Gasteiger partial charge in [0.2, 0.25) is 11.9 Å². The van der Waals surface area contributed by atoms with Crippen molar-refractivity contribution in [3.63, 3.8) is 0 Å². The van der Waals surface area contributed by atoms with E-state index in [9.17, 15) is 4.79 Å². The molecule has 0 radical (unpaired) electrons. The number of amides is 1. The molecule has 1 aromatic carbocycles. The van der Waals surface area contributed by atoms with Gasteiger partial charge in [0, 0.05) is 35.8 Å². The summed E-state index contributed by atoms with van der Waals surface area (Å²) in [6, 6.07) is 8.71. The van der Waals surface area contributed by atoms with E-state index in [1.54, 1.807) is 0 Å². The first-order valence-corrected chi connectivity index (χ1v) is 12.5. The maximum Gasteiger partial charge on any atom is 0.237 e. The molecule has 7 nitrogen and oxygen atoms in total. The van der Waals surface area contributed by atoms with Crippen LogP contribution in [0.15, 0.2) is 34.3 Å². The fourth-order valence-electron chi connectivity index (χ4n) is 3.95. The molecule has 1 amide bonds. The van der Waals surface area contributed by atoms with Crippen molar-refractivity contribution in [2.75, 3.05) is 48.4 Å². The summed E-state index contributed by atoms with van der Waals surface area (Å²) in [5.74, 6) is 1.45. The average molecular weight is 446 g/mol. The molecule has 1 aromatic heterocycles. The minimum atomic E-state index is 0.139. The highest BCUT2D eigenvalue weighted by Gasteiger charge is 2.33. The number of para-hydroxylation sites is 1. The van der Waals surface area contributed by atoms with Crippen molar-refractivity contribution in [3.8, 4) is 0 Å². The summed E-state index contributed by atoms with van der Waals surface area (Å²) in [5, 5.41) is 10.3. The van der Waals surface area contributed by atoms with E-state index >= 15 is 0 Å². The number of nitrogens with zero attached hydrogens (tertiary/aromatic N) is 5. The molecule has 5 rings (SSSR count). The van der Waals surface area contributed by atoms with E-state index in [0.29, 0.717) is 17.0 Å². The van der Waals surface area contributed by atoms with Gasteiger partial charge in [0.05, 0.1) is 24.7 Å². The van der Waals surface area contributed by atoms with Crippen LogP contribution in [0.3, 0.4) is 0 Å². The molecule has 3 heterocycles. The lowest BCUT2D eigenvalue weighted by atomic mass is 10.2. The molecule has 1 saturated carbocycles. The number of anilines is 2. The van der Waals surface area contributed by atoms with Crippen molar-refractivity contribution in [2.24, 2.45) is 0 Å². The summed E-state index contributed by atoms with van der Waals surface area (Å²) in [5.41, 5.74) is 1.04. The Morgan fingerprint density at radius 3 is 2.77 bits per heavy atom. The molecular formula is C21H27N5O2S2. The Bertz CT molecular complexity index is 911. The third kappa shape index (κ3) is 4.20. The Morgan fingerprint density at radius 1 is 1.17 bits per heavy atom. The fourth-order valence-corrected chi connectivity index (χ4v) is 5.94. The normalized spacial score (nSPS) is 22.0. The molecule has 30 heavy (non-hydrogen) atoms. The van der Waals surface area contributed by atoms with E-state index in [1.807, 2.05) is 28.8 Å². The van der Waals surface area contributed by atoms with Gasteiger partial charge in [0.15, 0.2) is 5.16 Å². The molecule has 0 N–H and O–H groups in total. The van der Waals surface area contributed by atoms with Gasteiger partial charge >= 0.3 is 0 Å². The molecule has 2 aliphatic heterocycles. The lowest BCUT2D eigenvalue weighted by Crippen LogP contribution is -2.38. The van der Waals surface area contributed by atoms with Crippen LogP contribution in [0.25, 0.3) is 0 Å². The minimum absolute atomic E-state index is 0.139. The highest BCUT2D eigenvalue weighted by atomic mass is 32.2. The molecule has 0 spiro atoms. The lowest BCUT2D eigenvalue weighted by Gasteiger charge is -2.28. The average Bonchev–Trinajstić information content (AvgIpc) is 3.55. The van der Waals surface area contributed by atoms with E-state index in [4.69, 9.17) is 4.74 Å². The van der Waals surface area contributed by atoms with Crippen LogP contribution < -0.4 is 9.80 Å². The summed E-state index contributed by atoms with van der Waals surface area (Å²) < 4.78 is 7.73. The largest absolute Gasteiger partial charge is 0.378 e. The van der Waals surface area contributed by atoms with Crippen LogP contribution in [0.1, 0.15) is 32.2 Å². The van der Waals surface area contributed by atoms with E-state index in [1.165, 1.54) is 16.7 Å². The van der Waals surface area contributed by atoms with Crippen LogP contribution in [0.4, 0.5) is 11.6 Å². The first kappa shape index (κ1) is 20.2. The van der Waals surface area contributed by atoms with Gasteiger partial charge in [0.1, 0.15) is 0 Å². The van der Waals surface area contributed by atoms with Gasteiger partial charge < -0.3 is 14.5 Å². The van der Waals surface area contributed by atoms with E-state index in [2.05, 4.69) is 38.7 Å². The Labute approximate surface area is 185 Å². The Morgan fingerprint density at radius 2 is 1.97 bits per heavy atom. The van der Waals surface area contributed by atoms with Crippen LogP contribution in [-0.4, -0.2) is 64.5 Å². The van der Waals surface area contributed by atoms with Gasteiger partial charge in [-0.05, 0) is 31.4 Å². The zero-order chi connectivity index (χ0) is 20.5. The molecule has 1 atom stereocenters. The summed E-state index contributed by atoms with van der Waals surface area (Å²) in [7, 11) is 0. The van der Waals surface area contributed by atoms with Gasteiger partial charge in [-0.1, -0.05) is 30.8 Å². The number of ether oxygens (including phenoxy) is 1. The Kier molecular flexibility index (Phi) is 5.93. The first-order valence-electron chi connectivity index (χ1n) is 10.7. The SMILES string of the molecule is CC1CCN(C(=O)CSc2nnc(N3CCOCC3)n2C2CC2)c2ccccc2S1. The number of morpholine rings is 1. The maximum absolute atomic E-state index is 13.2. The number of hydrogen-bond acceptors (Lipinski definition) is 7. The topological polar surface area (TPSA) is 63.5 Å². The molecule has 2 aromatic rings. The van der Waals surface area contributed by atoms with Crippen molar-refractivity contribution in [1.82, 2.24) is 14.8 Å². The molecule has 1 saturated heterocycles. The highest BCUT2D eigenvalue weighted by molar-refractivity contribution is 8.00. The first-order chi connectivity index (χ1) is 14.7. The van der Waals surface area contributed by atoms with Crippen LogP contribution >= 0.6 is 23.5 Å². The zero-order valence-electron chi connectivity index (χ0n) is 17.2. The van der Waals surface area contributed by atoms with Crippen LogP contribution in [-0.2, 0) is 9.53 Å². The van der Waals surface area contributed by atoms with Crippen LogP contribution in [0.5, 0.6) is 0 Å². The van der Waals surface area contributed by atoms with Gasteiger partial charge in [-0.3, -0.25) is 9.36 Å². The van der Waals surface area contributed by atoms with Crippen LogP contribution in [0.2, 0.25) is 0 Å². The van der Waals surface area contributed by atoms with Crippen LogP contribution in [0, 0.1) is 0 Å². The molecule has 3 aliphatic rings. The molecule has 0 bridgehead atoms. The van der Waals surface area contributed by atoms with Crippen molar-refractivity contribution < 1.29 is 9.53 Å². The van der Waals surface area contributed by atoms with Gasteiger partial charge in [-0.15, -0.1) is 22.0 Å². The number of thioether (sulfide) groups is 2. The molecule has 160 valence electrons. The predicted octanol–water partition coefficient (Wildman–Crippen LogP) is 3.46. The maximum atomic E-state index is 13.2. The second-order valence-electron chi connectivity index (χ2n) is 8.00. The quantitative estimate of drug-likeness (QED) is 0.653. The number of fused-ring (bicyclic) bond motifs is 1. The number of benzene rings is 1. The minimum Gasteiger partial charge on any atom is -0.378 e. The number of carbonyl (C=O) groups excluding carboxylic acids is 1. The standard InChI is InChI=1S/C21H27N5O2S2/c1-15-8-9-25(17-4-2-3-5-18(17)30-15)19(27)14-29-21-23-22-20(26(21)16-6-7-16)24-10-12-28-13-11-24/h2-5,15-16H,6-14H2,1H3. The lowest BCUT2D eigenvalue weighted by molar-refractivity contribution is -0.116. The number of carbonyl (C=O) groups is 1. The zero-order valence-corrected chi connectivity index (χ0v) is 18.8. The summed E-state index contributed by atoms with van der Waals surface area (Å²) in [6.07, 6.45) is 3.31. The second-order valence-corrected chi connectivity index (χ2v) is 10.4. The van der Waals surface area contributed by atoms with Crippen molar-refractivity contribution in [1.29, 1.82) is 0 Å². The van der Waals surface area contributed by atoms with Gasteiger partial charge in [0.25, 0.3) is 0 Å². The molecular weight excluding hydrogens is 418 g/mol. The van der Waals surface area contributed by atoms with Crippen molar-refractivity contribution in [2.45, 2.75) is 47.5 Å². The molecule has 1 aliphatic carbocycles. The third-order valence-corrected chi connectivity index (χ3v) is 7.89. The van der Waals surface area contributed by atoms with Crippen molar-refractivity contribution in [3.05, 3.63) is 24.3 Å². The molecule has 1 unspecified atom stereocenters. The van der Waals surface area contributed by atoms with Gasteiger partial charge in [-0.25, -0.2) is 0 Å². The summed E-state index contributed by atoms with van der Waals surface area (Å²) in [6.45, 7) is 6.13. The number of rotatable bonds is 5. The smallest absolute Gasteiger partial charge is 0.237 e. The molecule has 2 fully saturated rings.